The van der Waals surface area contributed by atoms with Gasteiger partial charge in [0.25, 0.3) is 10.0 Å². The van der Waals surface area contributed by atoms with Crippen molar-refractivity contribution in [3.63, 3.8) is 0 Å². The third-order valence-electron chi connectivity index (χ3n) is 7.00. The molecule has 4 aromatic rings. The van der Waals surface area contributed by atoms with Crippen molar-refractivity contribution in [2.24, 2.45) is 0 Å². The number of carbonyl (C=O) groups excluding carboxylic acids is 2. The molecule has 0 saturated heterocycles. The van der Waals surface area contributed by atoms with Gasteiger partial charge in [-0.3, -0.25) is 13.9 Å². The first kappa shape index (κ1) is 32.3. The van der Waals surface area contributed by atoms with Gasteiger partial charge in [0.05, 0.1) is 10.6 Å². The lowest BCUT2D eigenvalue weighted by Gasteiger charge is -2.33. The third-order valence-corrected chi connectivity index (χ3v) is 8.79. The van der Waals surface area contributed by atoms with Crippen molar-refractivity contribution in [1.82, 2.24) is 10.2 Å². The maximum Gasteiger partial charge on any atom is 0.264 e. The normalized spacial score (nSPS) is 11.9. The first-order valence-electron chi connectivity index (χ1n) is 14.6. The summed E-state index contributed by atoms with van der Waals surface area (Å²) in [4.78, 5) is 29.0. The molecular formula is C35H39N3O5S. The van der Waals surface area contributed by atoms with Gasteiger partial charge in [0, 0.05) is 12.6 Å². The molecular weight excluding hydrogens is 574 g/mol. The van der Waals surface area contributed by atoms with Gasteiger partial charge in [-0.1, -0.05) is 73.2 Å². The van der Waals surface area contributed by atoms with Crippen LogP contribution in [0.5, 0.6) is 11.5 Å². The first-order chi connectivity index (χ1) is 21.1. The second-order valence-corrected chi connectivity index (χ2v) is 12.7. The Morgan fingerprint density at radius 2 is 1.36 bits per heavy atom. The molecule has 0 spiro atoms. The Kier molecular flexibility index (Phi) is 10.8. The number of nitrogens with zero attached hydrogens (tertiary/aromatic N) is 2. The molecule has 0 aliphatic rings. The molecule has 4 aromatic carbocycles. The SMILES string of the molecule is CCC(C(=O)NC(C)C)N(Cc1ccc(C)cc1)C(=O)CN(c1ccc(Oc2ccccc2)cc1)S(=O)(=O)c1ccccc1. The largest absolute Gasteiger partial charge is 0.457 e. The average molecular weight is 614 g/mol. The van der Waals surface area contributed by atoms with Gasteiger partial charge in [-0.05, 0) is 81.3 Å². The van der Waals surface area contributed by atoms with Crippen LogP contribution in [0.15, 0.2) is 114 Å². The number of rotatable bonds is 13. The molecule has 0 aromatic heterocycles. The van der Waals surface area contributed by atoms with Crippen LogP contribution in [0.2, 0.25) is 0 Å². The summed E-state index contributed by atoms with van der Waals surface area (Å²) in [6.07, 6.45) is 0.354. The fraction of sp³-hybridized carbons (Fsp3) is 0.257. The van der Waals surface area contributed by atoms with Crippen LogP contribution in [0.1, 0.15) is 38.3 Å². The monoisotopic (exact) mass is 613 g/mol. The van der Waals surface area contributed by atoms with E-state index in [1.807, 2.05) is 82.3 Å². The van der Waals surface area contributed by atoms with E-state index >= 15 is 0 Å². The highest BCUT2D eigenvalue weighted by molar-refractivity contribution is 7.92. The molecule has 0 saturated carbocycles. The van der Waals surface area contributed by atoms with E-state index in [9.17, 15) is 18.0 Å². The molecule has 44 heavy (non-hydrogen) atoms. The smallest absolute Gasteiger partial charge is 0.264 e. The van der Waals surface area contributed by atoms with Gasteiger partial charge >= 0.3 is 0 Å². The van der Waals surface area contributed by atoms with Gasteiger partial charge in [-0.25, -0.2) is 8.42 Å². The van der Waals surface area contributed by atoms with Gasteiger partial charge in [0.1, 0.15) is 24.1 Å². The average Bonchev–Trinajstić information content (AvgIpc) is 3.01. The predicted molar refractivity (Wildman–Crippen MR) is 173 cm³/mol. The number of amides is 2. The molecule has 8 nitrogen and oxygen atoms in total. The molecule has 2 amide bonds. The number of hydrogen-bond acceptors (Lipinski definition) is 5. The number of aryl methyl sites for hydroxylation is 1. The number of hydrogen-bond donors (Lipinski definition) is 1. The second-order valence-electron chi connectivity index (χ2n) is 10.8. The fourth-order valence-corrected chi connectivity index (χ4v) is 6.18. The van der Waals surface area contributed by atoms with Gasteiger partial charge in [-0.15, -0.1) is 0 Å². The van der Waals surface area contributed by atoms with Crippen molar-refractivity contribution < 1.29 is 22.7 Å². The Morgan fingerprint density at radius 1 is 0.795 bits per heavy atom. The van der Waals surface area contributed by atoms with Crippen LogP contribution in [0.4, 0.5) is 5.69 Å². The number of anilines is 1. The van der Waals surface area contributed by atoms with Gasteiger partial charge in [0.15, 0.2) is 0 Å². The van der Waals surface area contributed by atoms with Crippen LogP contribution in [0.25, 0.3) is 0 Å². The fourth-order valence-electron chi connectivity index (χ4n) is 4.74. The highest BCUT2D eigenvalue weighted by atomic mass is 32.2. The Hall–Kier alpha value is -4.63. The minimum Gasteiger partial charge on any atom is -0.457 e. The van der Waals surface area contributed by atoms with Crippen LogP contribution >= 0.6 is 0 Å². The van der Waals surface area contributed by atoms with Crippen molar-refractivity contribution in [1.29, 1.82) is 0 Å². The number of benzene rings is 4. The number of ether oxygens (including phenoxy) is 1. The lowest BCUT2D eigenvalue weighted by atomic mass is 10.1. The zero-order valence-electron chi connectivity index (χ0n) is 25.5. The highest BCUT2D eigenvalue weighted by Gasteiger charge is 2.33. The summed E-state index contributed by atoms with van der Waals surface area (Å²) >= 11 is 0. The van der Waals surface area contributed by atoms with Gasteiger partial charge in [-0.2, -0.15) is 0 Å². The molecule has 0 aliphatic heterocycles. The summed E-state index contributed by atoms with van der Waals surface area (Å²) in [7, 11) is -4.16. The lowest BCUT2D eigenvalue weighted by Crippen LogP contribution is -2.53. The van der Waals surface area contributed by atoms with E-state index in [1.165, 1.54) is 17.0 Å². The topological polar surface area (TPSA) is 96.0 Å². The Morgan fingerprint density at radius 3 is 1.93 bits per heavy atom. The summed E-state index contributed by atoms with van der Waals surface area (Å²) in [6.45, 7) is 7.16. The maximum atomic E-state index is 14.2. The van der Waals surface area contributed by atoms with E-state index in [0.29, 0.717) is 17.9 Å². The molecule has 0 radical (unpaired) electrons. The van der Waals surface area contributed by atoms with Gasteiger partial charge < -0.3 is 15.0 Å². The maximum absolute atomic E-state index is 14.2. The minimum absolute atomic E-state index is 0.0482. The van der Waals surface area contributed by atoms with Crippen LogP contribution in [-0.4, -0.2) is 43.8 Å². The quantitative estimate of drug-likeness (QED) is 0.191. The summed E-state index contributed by atoms with van der Waals surface area (Å²) in [6, 6.07) is 30.6. The molecule has 4 rings (SSSR count). The molecule has 0 bridgehead atoms. The number of para-hydroxylation sites is 1. The number of carbonyl (C=O) groups is 2. The van der Waals surface area contributed by atoms with Crippen molar-refractivity contribution in [2.75, 3.05) is 10.8 Å². The molecule has 0 fully saturated rings. The van der Waals surface area contributed by atoms with E-state index < -0.39 is 28.5 Å². The Bertz CT molecular complexity index is 1630. The van der Waals surface area contributed by atoms with Crippen LogP contribution in [-0.2, 0) is 26.2 Å². The number of sulfonamides is 1. The zero-order valence-corrected chi connectivity index (χ0v) is 26.3. The van der Waals surface area contributed by atoms with Crippen molar-refractivity contribution in [3.8, 4) is 11.5 Å². The van der Waals surface area contributed by atoms with Crippen molar-refractivity contribution in [2.45, 2.75) is 57.6 Å². The van der Waals surface area contributed by atoms with Crippen LogP contribution in [0, 0.1) is 6.92 Å². The lowest BCUT2D eigenvalue weighted by molar-refractivity contribution is -0.140. The van der Waals surface area contributed by atoms with Crippen molar-refractivity contribution >= 4 is 27.5 Å². The molecule has 0 heterocycles. The molecule has 1 unspecified atom stereocenters. The van der Waals surface area contributed by atoms with Crippen LogP contribution in [0.3, 0.4) is 0 Å². The van der Waals surface area contributed by atoms with Crippen molar-refractivity contribution in [3.05, 3.63) is 120 Å². The van der Waals surface area contributed by atoms with E-state index in [0.717, 1.165) is 15.4 Å². The van der Waals surface area contributed by atoms with E-state index in [1.54, 1.807) is 42.5 Å². The van der Waals surface area contributed by atoms with Crippen LogP contribution < -0.4 is 14.4 Å². The number of nitrogens with one attached hydrogen (secondary N) is 1. The summed E-state index contributed by atoms with van der Waals surface area (Å²) in [5.41, 5.74) is 2.19. The van der Waals surface area contributed by atoms with E-state index in [2.05, 4.69) is 5.32 Å². The molecule has 1 N–H and O–H groups in total. The predicted octanol–water partition coefficient (Wildman–Crippen LogP) is 6.31. The molecule has 0 aliphatic carbocycles. The van der Waals surface area contributed by atoms with Gasteiger partial charge in [0.2, 0.25) is 11.8 Å². The van der Waals surface area contributed by atoms with E-state index in [-0.39, 0.29) is 29.1 Å². The summed E-state index contributed by atoms with van der Waals surface area (Å²) < 4.78 is 35.0. The minimum atomic E-state index is -4.16. The zero-order chi connectivity index (χ0) is 31.7. The standard InChI is InChI=1S/C35H39N3O5S/c1-5-33(35(40)36-26(2)3)37(24-28-18-16-27(4)17-19-28)34(39)25-38(44(41,42)32-14-10-7-11-15-32)29-20-22-31(23-21-29)43-30-12-8-6-9-13-30/h6-23,26,33H,5,24-25H2,1-4H3,(H,36,40). The first-order valence-corrected chi connectivity index (χ1v) is 16.1. The Balaban J connectivity index is 1.71. The summed E-state index contributed by atoms with van der Waals surface area (Å²) in [5.74, 6) is 0.366. The summed E-state index contributed by atoms with van der Waals surface area (Å²) in [5, 5.41) is 2.91. The molecule has 1 atom stereocenters. The van der Waals surface area contributed by atoms with E-state index in [4.69, 9.17) is 4.74 Å². The Labute approximate surface area is 260 Å². The second kappa shape index (κ2) is 14.7. The highest BCUT2D eigenvalue weighted by Crippen LogP contribution is 2.28. The molecule has 230 valence electrons. The molecule has 9 heteroatoms. The third kappa shape index (κ3) is 8.26.